The molecule has 0 atom stereocenters. The summed E-state index contributed by atoms with van der Waals surface area (Å²) in [6.07, 6.45) is -4.63. The van der Waals surface area contributed by atoms with E-state index in [0.29, 0.717) is 0 Å². The Morgan fingerprint density at radius 1 is 1.04 bits per heavy atom. The minimum absolute atomic E-state index is 0.0386. The number of hydrogen-bond donors (Lipinski definition) is 2. The minimum Gasteiger partial charge on any atom is -0.334 e. The van der Waals surface area contributed by atoms with E-state index in [-0.39, 0.29) is 31.7 Å². The maximum absolute atomic E-state index is 12.7. The molecular weight excluding hydrogens is 402 g/mol. The number of nitrogens with zero attached hydrogens (tertiary/aromatic N) is 1. The zero-order valence-electron chi connectivity index (χ0n) is 12.0. The van der Waals surface area contributed by atoms with Crippen LogP contribution in [0.5, 0.6) is 0 Å². The normalized spacial score (nSPS) is 12.5. The van der Waals surface area contributed by atoms with Crippen molar-refractivity contribution in [3.63, 3.8) is 0 Å². The molecule has 25 heavy (non-hydrogen) atoms. The van der Waals surface area contributed by atoms with E-state index in [0.717, 1.165) is 0 Å². The van der Waals surface area contributed by atoms with E-state index in [1.165, 1.54) is 36.4 Å². The molecule has 5 nitrogen and oxygen atoms in total. The fraction of sp³-hybridized carbons (Fsp3) is 0.0714. The molecule has 132 valence electrons. The number of fused-ring (bicyclic) bond motifs is 1. The number of rotatable bonds is 3. The lowest BCUT2D eigenvalue weighted by Gasteiger charge is -2.09. The first-order chi connectivity index (χ1) is 11.5. The molecule has 3 aromatic rings. The van der Waals surface area contributed by atoms with Crippen molar-refractivity contribution in [2.75, 3.05) is 4.72 Å². The summed E-state index contributed by atoms with van der Waals surface area (Å²) >= 11 is 11.6. The zero-order valence-corrected chi connectivity index (χ0v) is 14.4. The molecule has 3 rings (SSSR count). The Bertz CT molecular complexity index is 1040. The zero-order chi connectivity index (χ0) is 18.4. The van der Waals surface area contributed by atoms with Crippen molar-refractivity contribution in [1.29, 1.82) is 0 Å². The van der Waals surface area contributed by atoms with E-state index in [4.69, 9.17) is 23.2 Å². The quantitative estimate of drug-likeness (QED) is 0.658. The van der Waals surface area contributed by atoms with Crippen molar-refractivity contribution in [3.8, 4) is 0 Å². The molecule has 0 saturated heterocycles. The Kier molecular flexibility index (Phi) is 4.34. The molecule has 0 spiro atoms. The van der Waals surface area contributed by atoms with E-state index in [1.54, 1.807) is 0 Å². The largest absolute Gasteiger partial charge is 0.449 e. The summed E-state index contributed by atoms with van der Waals surface area (Å²) in [5.41, 5.74) is 0.152. The van der Waals surface area contributed by atoms with Crippen molar-refractivity contribution < 1.29 is 21.6 Å². The van der Waals surface area contributed by atoms with Crippen molar-refractivity contribution in [2.24, 2.45) is 0 Å². The summed E-state index contributed by atoms with van der Waals surface area (Å²) in [7, 11) is -4.02. The average Bonchev–Trinajstić information content (AvgIpc) is 2.89. The minimum atomic E-state index is -4.63. The Morgan fingerprint density at radius 2 is 1.68 bits per heavy atom. The van der Waals surface area contributed by atoms with Gasteiger partial charge in [0.25, 0.3) is 10.0 Å². The summed E-state index contributed by atoms with van der Waals surface area (Å²) in [5, 5.41) is 0.262. The predicted octanol–water partition coefficient (Wildman–Crippen LogP) is 4.69. The second kappa shape index (κ2) is 6.08. The lowest BCUT2D eigenvalue weighted by atomic mass is 10.3. The van der Waals surface area contributed by atoms with Gasteiger partial charge < -0.3 is 4.98 Å². The topological polar surface area (TPSA) is 74.8 Å². The molecule has 0 aliphatic rings. The number of aromatic amines is 1. The van der Waals surface area contributed by atoms with Crippen LogP contribution in [0.1, 0.15) is 5.82 Å². The second-order valence-corrected chi connectivity index (χ2v) is 7.58. The summed E-state index contributed by atoms with van der Waals surface area (Å²) in [5.74, 6) is -1.16. The molecule has 0 unspecified atom stereocenters. The van der Waals surface area contributed by atoms with Crippen molar-refractivity contribution in [3.05, 3.63) is 52.3 Å². The van der Waals surface area contributed by atoms with Crippen LogP contribution in [-0.4, -0.2) is 18.4 Å². The van der Waals surface area contributed by atoms with Crippen LogP contribution in [-0.2, 0) is 16.2 Å². The van der Waals surface area contributed by atoms with Crippen LogP contribution in [0.3, 0.4) is 0 Å². The Labute approximate surface area is 149 Å². The highest BCUT2D eigenvalue weighted by Crippen LogP contribution is 2.30. The van der Waals surface area contributed by atoms with E-state index < -0.39 is 22.0 Å². The van der Waals surface area contributed by atoms with E-state index in [2.05, 4.69) is 14.7 Å². The van der Waals surface area contributed by atoms with Gasteiger partial charge in [0.05, 0.1) is 21.6 Å². The molecule has 1 aromatic heterocycles. The second-order valence-electron chi connectivity index (χ2n) is 5.03. The van der Waals surface area contributed by atoms with Crippen LogP contribution in [0.4, 0.5) is 18.9 Å². The highest BCUT2D eigenvalue weighted by Gasteiger charge is 2.34. The van der Waals surface area contributed by atoms with Gasteiger partial charge in [0.2, 0.25) is 5.82 Å². The van der Waals surface area contributed by atoms with Gasteiger partial charge in [-0.05, 0) is 36.4 Å². The predicted molar refractivity (Wildman–Crippen MR) is 88.4 cm³/mol. The van der Waals surface area contributed by atoms with Gasteiger partial charge in [0.1, 0.15) is 0 Å². The number of anilines is 1. The van der Waals surface area contributed by atoms with Crippen LogP contribution in [0.2, 0.25) is 10.0 Å². The van der Waals surface area contributed by atoms with Gasteiger partial charge >= 0.3 is 6.18 Å². The third-order valence-electron chi connectivity index (χ3n) is 3.15. The SMILES string of the molecule is O=S(=O)(Nc1ccc2nc(C(F)(F)F)[nH]c2c1)c1cc(Cl)cc(Cl)c1. The first-order valence-electron chi connectivity index (χ1n) is 6.60. The molecule has 0 fully saturated rings. The highest BCUT2D eigenvalue weighted by molar-refractivity contribution is 7.92. The molecule has 0 aliphatic carbocycles. The number of sulfonamides is 1. The summed E-state index contributed by atoms with van der Waals surface area (Å²) < 4.78 is 65.0. The fourth-order valence-corrected chi connectivity index (χ4v) is 3.88. The molecule has 0 aliphatic heterocycles. The summed E-state index contributed by atoms with van der Waals surface area (Å²) in [6.45, 7) is 0. The van der Waals surface area contributed by atoms with Gasteiger partial charge in [0.15, 0.2) is 0 Å². The maximum atomic E-state index is 12.7. The number of alkyl halides is 3. The molecule has 2 aromatic carbocycles. The smallest absolute Gasteiger partial charge is 0.334 e. The van der Waals surface area contributed by atoms with E-state index in [9.17, 15) is 21.6 Å². The van der Waals surface area contributed by atoms with Crippen LogP contribution in [0.25, 0.3) is 11.0 Å². The number of halogens is 5. The number of aromatic nitrogens is 2. The van der Waals surface area contributed by atoms with E-state index >= 15 is 0 Å². The Hall–Kier alpha value is -1.97. The van der Waals surface area contributed by atoms with Gasteiger partial charge in [-0.3, -0.25) is 4.72 Å². The van der Waals surface area contributed by atoms with Crippen LogP contribution >= 0.6 is 23.2 Å². The third-order valence-corrected chi connectivity index (χ3v) is 4.95. The molecule has 1 heterocycles. The monoisotopic (exact) mass is 409 g/mol. The van der Waals surface area contributed by atoms with Crippen molar-refractivity contribution in [2.45, 2.75) is 11.1 Å². The Balaban J connectivity index is 1.96. The van der Waals surface area contributed by atoms with Gasteiger partial charge in [-0.1, -0.05) is 23.2 Å². The lowest BCUT2D eigenvalue weighted by molar-refractivity contribution is -0.144. The van der Waals surface area contributed by atoms with Crippen molar-refractivity contribution >= 4 is 49.9 Å². The summed E-state index contributed by atoms with van der Waals surface area (Å²) in [4.78, 5) is 5.34. The first kappa shape index (κ1) is 17.8. The fourth-order valence-electron chi connectivity index (χ4n) is 2.11. The number of H-pyrrole nitrogens is 1. The molecule has 0 saturated carbocycles. The number of benzene rings is 2. The van der Waals surface area contributed by atoms with Crippen LogP contribution in [0, 0.1) is 0 Å². The highest BCUT2D eigenvalue weighted by atomic mass is 35.5. The molecule has 0 bridgehead atoms. The molecule has 11 heteroatoms. The third kappa shape index (κ3) is 3.83. The van der Waals surface area contributed by atoms with Gasteiger partial charge in [-0.15, -0.1) is 0 Å². The maximum Gasteiger partial charge on any atom is 0.449 e. The van der Waals surface area contributed by atoms with Crippen LogP contribution in [0.15, 0.2) is 41.3 Å². The number of nitrogens with one attached hydrogen (secondary N) is 2. The van der Waals surface area contributed by atoms with E-state index in [1.807, 2.05) is 0 Å². The van der Waals surface area contributed by atoms with Gasteiger partial charge in [0, 0.05) is 10.0 Å². The van der Waals surface area contributed by atoms with Crippen LogP contribution < -0.4 is 4.72 Å². The number of imidazole rings is 1. The standard InChI is InChI=1S/C14H8Cl2F3N3O2S/c15-7-3-8(16)5-10(4-7)25(23,24)22-9-1-2-11-12(6-9)21-13(20-11)14(17,18)19/h1-6,22H,(H,20,21). The number of hydrogen-bond acceptors (Lipinski definition) is 3. The van der Waals surface area contributed by atoms with Gasteiger partial charge in [-0.2, -0.15) is 13.2 Å². The Morgan fingerprint density at radius 3 is 2.28 bits per heavy atom. The summed E-state index contributed by atoms with van der Waals surface area (Å²) in [6, 6.07) is 7.55. The van der Waals surface area contributed by atoms with Gasteiger partial charge in [-0.25, -0.2) is 13.4 Å². The molecule has 0 amide bonds. The first-order valence-corrected chi connectivity index (χ1v) is 8.84. The van der Waals surface area contributed by atoms with Crippen molar-refractivity contribution in [1.82, 2.24) is 9.97 Å². The molecule has 2 N–H and O–H groups in total. The lowest BCUT2D eigenvalue weighted by Crippen LogP contribution is -2.12. The average molecular weight is 410 g/mol. The molecular formula is C14H8Cl2F3N3O2S. The molecule has 0 radical (unpaired) electrons.